The third kappa shape index (κ3) is 6.98. The van der Waals surface area contributed by atoms with E-state index in [0.717, 1.165) is 11.1 Å². The van der Waals surface area contributed by atoms with Crippen molar-refractivity contribution < 1.29 is 24.2 Å². The summed E-state index contributed by atoms with van der Waals surface area (Å²) in [6.07, 6.45) is 5.05. The number of carbonyl (C=O) groups is 2. The number of fused-ring (bicyclic) bond motifs is 1. The number of carbonyl (C=O) groups excluding carboxylic acids is 2. The van der Waals surface area contributed by atoms with Gasteiger partial charge in [0.25, 0.3) is 5.91 Å². The van der Waals surface area contributed by atoms with Gasteiger partial charge in [-0.15, -0.1) is 0 Å². The number of nitrogens with one attached hydrogen (secondary N) is 1. The molecule has 3 aromatic rings. The van der Waals surface area contributed by atoms with E-state index in [9.17, 15) is 14.7 Å². The number of aromatic nitrogens is 1. The van der Waals surface area contributed by atoms with Crippen LogP contribution in [0, 0.1) is 5.92 Å². The van der Waals surface area contributed by atoms with Gasteiger partial charge < -0.3 is 29.7 Å². The first-order valence-corrected chi connectivity index (χ1v) is 13.3. The van der Waals surface area contributed by atoms with Crippen molar-refractivity contribution in [2.75, 3.05) is 39.2 Å². The molecule has 2 N–H and O–H groups in total. The lowest BCUT2D eigenvalue weighted by molar-refractivity contribution is 0.0356. The largest absolute Gasteiger partial charge is 0.497 e. The second kappa shape index (κ2) is 13.1. The molecule has 0 spiro atoms. The summed E-state index contributed by atoms with van der Waals surface area (Å²) in [5.74, 6) is 0.432. The number of rotatable bonds is 8. The van der Waals surface area contributed by atoms with Crippen LogP contribution in [0.4, 0.5) is 10.5 Å². The number of anilines is 1. The number of ether oxygens (including phenoxy) is 2. The minimum Gasteiger partial charge on any atom is -0.497 e. The molecule has 0 unspecified atom stereocenters. The first kappa shape index (κ1) is 28.6. The van der Waals surface area contributed by atoms with Gasteiger partial charge in [0.2, 0.25) is 5.88 Å². The summed E-state index contributed by atoms with van der Waals surface area (Å²) < 4.78 is 11.6. The zero-order valence-electron chi connectivity index (χ0n) is 23.3. The highest BCUT2D eigenvalue weighted by molar-refractivity contribution is 5.97. The zero-order chi connectivity index (χ0) is 28.6. The van der Waals surface area contributed by atoms with Crippen molar-refractivity contribution in [2.24, 2.45) is 5.92 Å². The van der Waals surface area contributed by atoms with E-state index in [1.54, 1.807) is 60.5 Å². The Labute approximate surface area is 235 Å². The predicted octanol–water partition coefficient (Wildman–Crippen LogP) is 4.64. The summed E-state index contributed by atoms with van der Waals surface area (Å²) in [5.41, 5.74) is 2.70. The SMILES string of the molecule is COc1cccc(NC(=O)N(C)C[C@H]2Oc3ncc(/C=C/c4ccccc4)cc3C(=O)N([C@@H](C)CO)C[C@@H]2C)c1. The number of hydrogen-bond acceptors (Lipinski definition) is 6. The molecule has 0 saturated carbocycles. The fourth-order valence-electron chi connectivity index (χ4n) is 4.46. The molecule has 4 rings (SSSR count). The lowest BCUT2D eigenvalue weighted by Crippen LogP contribution is -2.50. The number of likely N-dealkylation sites (N-methyl/N-ethyl adjacent to an activating group) is 1. The Morgan fingerprint density at radius 1 is 1.20 bits per heavy atom. The van der Waals surface area contributed by atoms with Crippen molar-refractivity contribution in [3.05, 3.63) is 83.6 Å². The lowest BCUT2D eigenvalue weighted by Gasteiger charge is -2.37. The zero-order valence-corrected chi connectivity index (χ0v) is 23.3. The minimum absolute atomic E-state index is 0.155. The van der Waals surface area contributed by atoms with Crippen LogP contribution in [-0.2, 0) is 0 Å². The Bertz CT molecular complexity index is 1350. The van der Waals surface area contributed by atoms with E-state index < -0.39 is 12.1 Å². The Balaban J connectivity index is 1.58. The number of pyridine rings is 1. The van der Waals surface area contributed by atoms with Crippen LogP contribution >= 0.6 is 0 Å². The topological polar surface area (TPSA) is 104 Å². The minimum atomic E-state index is -0.459. The van der Waals surface area contributed by atoms with Crippen LogP contribution in [0.2, 0.25) is 0 Å². The summed E-state index contributed by atoms with van der Waals surface area (Å²) in [7, 11) is 3.26. The van der Waals surface area contributed by atoms with E-state index in [4.69, 9.17) is 9.47 Å². The van der Waals surface area contributed by atoms with E-state index in [1.807, 2.05) is 56.3 Å². The standard InChI is InChI=1S/C31H36N4O5/c1-21-18-35(22(2)20-36)30(37)27-15-24(14-13-23-9-6-5-7-10-23)17-32-29(27)40-28(21)19-34(3)31(38)33-25-11-8-12-26(16-25)39-4/h5-17,21-22,28,36H,18-20H2,1-4H3,(H,33,38)/b14-13+/t21-,22-,28+/m0/s1. The fraction of sp³-hybridized carbons (Fsp3) is 0.323. The van der Waals surface area contributed by atoms with Crippen molar-refractivity contribution in [2.45, 2.75) is 26.0 Å². The molecule has 9 heteroatoms. The van der Waals surface area contributed by atoms with Gasteiger partial charge in [-0.05, 0) is 36.2 Å². The second-order valence-corrected chi connectivity index (χ2v) is 10.0. The molecule has 3 amide bonds. The average Bonchev–Trinajstić information content (AvgIpc) is 2.98. The maximum Gasteiger partial charge on any atom is 0.321 e. The quantitative estimate of drug-likeness (QED) is 0.428. The highest BCUT2D eigenvalue weighted by Gasteiger charge is 2.34. The molecule has 0 bridgehead atoms. The van der Waals surface area contributed by atoms with Gasteiger partial charge in [0, 0.05) is 37.5 Å². The monoisotopic (exact) mass is 544 g/mol. The Hall–Kier alpha value is -4.37. The Morgan fingerprint density at radius 2 is 1.95 bits per heavy atom. The molecule has 1 aliphatic heterocycles. The molecule has 40 heavy (non-hydrogen) atoms. The van der Waals surface area contributed by atoms with Crippen molar-refractivity contribution in [1.82, 2.24) is 14.8 Å². The molecule has 0 saturated heterocycles. The molecule has 2 aromatic carbocycles. The lowest BCUT2D eigenvalue weighted by atomic mass is 10.00. The first-order valence-electron chi connectivity index (χ1n) is 13.3. The molecule has 0 radical (unpaired) electrons. The highest BCUT2D eigenvalue weighted by Crippen LogP contribution is 2.28. The number of aliphatic hydroxyl groups is 1. The van der Waals surface area contributed by atoms with Crippen LogP contribution in [0.5, 0.6) is 11.6 Å². The molecular weight excluding hydrogens is 508 g/mol. The summed E-state index contributed by atoms with van der Waals surface area (Å²) in [6, 6.07) is 18.0. The van der Waals surface area contributed by atoms with Gasteiger partial charge in [0.15, 0.2) is 0 Å². The molecule has 0 aliphatic carbocycles. The summed E-state index contributed by atoms with van der Waals surface area (Å²) in [4.78, 5) is 34.3. The van der Waals surface area contributed by atoms with Crippen LogP contribution in [0.1, 0.15) is 35.3 Å². The van der Waals surface area contributed by atoms with E-state index in [-0.39, 0.29) is 36.9 Å². The van der Waals surface area contributed by atoms with Crippen molar-refractivity contribution >= 4 is 29.8 Å². The number of hydrogen-bond donors (Lipinski definition) is 2. The average molecular weight is 545 g/mol. The van der Waals surface area contributed by atoms with Crippen molar-refractivity contribution in [3.63, 3.8) is 0 Å². The molecule has 210 valence electrons. The fourth-order valence-corrected chi connectivity index (χ4v) is 4.46. The van der Waals surface area contributed by atoms with E-state index in [2.05, 4.69) is 10.3 Å². The molecule has 3 atom stereocenters. The van der Waals surface area contributed by atoms with E-state index >= 15 is 0 Å². The van der Waals surface area contributed by atoms with Gasteiger partial charge in [-0.1, -0.05) is 55.5 Å². The van der Waals surface area contributed by atoms with Gasteiger partial charge in [0.1, 0.15) is 17.4 Å². The van der Waals surface area contributed by atoms with Gasteiger partial charge in [-0.3, -0.25) is 4.79 Å². The Morgan fingerprint density at radius 3 is 2.67 bits per heavy atom. The van der Waals surface area contributed by atoms with E-state index in [1.165, 1.54) is 0 Å². The van der Waals surface area contributed by atoms with Gasteiger partial charge >= 0.3 is 6.03 Å². The molecule has 1 aromatic heterocycles. The normalized spacial score (nSPS) is 17.8. The number of nitrogens with zero attached hydrogens (tertiary/aromatic N) is 3. The van der Waals surface area contributed by atoms with Crippen molar-refractivity contribution in [1.29, 1.82) is 0 Å². The van der Waals surface area contributed by atoms with Gasteiger partial charge in [0.05, 0.1) is 26.3 Å². The molecule has 2 heterocycles. The van der Waals surface area contributed by atoms with Crippen LogP contribution in [0.3, 0.4) is 0 Å². The second-order valence-electron chi connectivity index (χ2n) is 10.0. The summed E-state index contributed by atoms with van der Waals surface area (Å²) >= 11 is 0. The molecular formula is C31H36N4O5. The number of amides is 3. The summed E-state index contributed by atoms with van der Waals surface area (Å²) in [6.45, 7) is 4.19. The molecule has 9 nitrogen and oxygen atoms in total. The maximum atomic E-state index is 13.6. The van der Waals surface area contributed by atoms with Crippen molar-refractivity contribution in [3.8, 4) is 11.6 Å². The third-order valence-electron chi connectivity index (χ3n) is 6.93. The number of benzene rings is 2. The molecule has 0 fully saturated rings. The predicted molar refractivity (Wildman–Crippen MR) is 155 cm³/mol. The smallest absolute Gasteiger partial charge is 0.321 e. The van der Waals surface area contributed by atoms with Gasteiger partial charge in [-0.25, -0.2) is 9.78 Å². The Kier molecular flexibility index (Phi) is 9.39. The number of urea groups is 1. The third-order valence-corrected chi connectivity index (χ3v) is 6.93. The molecule has 1 aliphatic rings. The first-order chi connectivity index (χ1) is 19.3. The van der Waals surface area contributed by atoms with Crippen LogP contribution in [0.15, 0.2) is 66.9 Å². The van der Waals surface area contributed by atoms with Gasteiger partial charge in [-0.2, -0.15) is 0 Å². The van der Waals surface area contributed by atoms with E-state index in [0.29, 0.717) is 23.5 Å². The van der Waals surface area contributed by atoms with Crippen LogP contribution < -0.4 is 14.8 Å². The number of aliphatic hydroxyl groups excluding tert-OH is 1. The summed E-state index contributed by atoms with van der Waals surface area (Å²) in [5, 5.41) is 12.8. The number of methoxy groups -OCH3 is 1. The highest BCUT2D eigenvalue weighted by atomic mass is 16.5. The van der Waals surface area contributed by atoms with Crippen LogP contribution in [-0.4, -0.2) is 77.8 Å². The maximum absolute atomic E-state index is 13.6. The van der Waals surface area contributed by atoms with Crippen LogP contribution in [0.25, 0.3) is 12.2 Å².